The second-order valence-corrected chi connectivity index (χ2v) is 6.23. The topological polar surface area (TPSA) is 53.4 Å². The maximum absolute atomic E-state index is 4.41. The van der Waals surface area contributed by atoms with Crippen molar-refractivity contribution in [3.05, 3.63) is 23.8 Å². The first-order valence-electron chi connectivity index (χ1n) is 7.82. The third-order valence-corrected chi connectivity index (χ3v) is 3.86. The van der Waals surface area contributed by atoms with Crippen LogP contribution in [0.3, 0.4) is 0 Å². The molecule has 2 rings (SSSR count). The van der Waals surface area contributed by atoms with Crippen LogP contribution < -0.4 is 5.32 Å². The molecule has 0 radical (unpaired) electrons. The van der Waals surface area contributed by atoms with Gasteiger partial charge in [-0.3, -0.25) is 4.99 Å². The minimum Gasteiger partial charge on any atom is -0.351 e. The van der Waals surface area contributed by atoms with E-state index >= 15 is 0 Å². The molecular formula is C16H28IN5. The fraction of sp³-hybridized carbons (Fsp3) is 0.688. The van der Waals surface area contributed by atoms with Gasteiger partial charge in [0.2, 0.25) is 0 Å². The van der Waals surface area contributed by atoms with Crippen molar-refractivity contribution in [1.29, 1.82) is 0 Å². The van der Waals surface area contributed by atoms with Crippen molar-refractivity contribution in [3.63, 3.8) is 0 Å². The third kappa shape index (κ3) is 5.70. The summed E-state index contributed by atoms with van der Waals surface area (Å²) < 4.78 is 0. The van der Waals surface area contributed by atoms with Gasteiger partial charge in [-0.15, -0.1) is 24.0 Å². The normalized spacial score (nSPS) is 18.5. The molecule has 6 heteroatoms. The number of rotatable bonds is 4. The molecule has 1 fully saturated rings. The fourth-order valence-corrected chi connectivity index (χ4v) is 2.99. The lowest BCUT2D eigenvalue weighted by molar-refractivity contribution is 0.403. The molecule has 1 aliphatic rings. The van der Waals surface area contributed by atoms with Gasteiger partial charge in [0, 0.05) is 26.3 Å². The van der Waals surface area contributed by atoms with Crippen molar-refractivity contribution in [1.82, 2.24) is 20.2 Å². The summed E-state index contributed by atoms with van der Waals surface area (Å²) in [6.07, 6.45) is 4.38. The zero-order valence-corrected chi connectivity index (χ0v) is 16.4. The summed E-state index contributed by atoms with van der Waals surface area (Å²) in [4.78, 5) is 15.3. The maximum Gasteiger partial charge on any atom is 0.193 e. The number of aryl methyl sites for hydroxylation is 1. The molecule has 1 saturated heterocycles. The standard InChI is InChI=1S/C16H27N5.HI/c1-12(2)9-14-6-8-21(11-14)16(17-4)19-10-15-5-7-18-13(3)20-15;/h5,7,12,14H,6,8-11H2,1-4H3,(H,17,19);1H. The number of nitrogens with one attached hydrogen (secondary N) is 1. The molecule has 1 aromatic heterocycles. The Hall–Kier alpha value is -0.920. The molecule has 0 aliphatic carbocycles. The summed E-state index contributed by atoms with van der Waals surface area (Å²) in [5.74, 6) is 3.36. The predicted octanol–water partition coefficient (Wildman–Crippen LogP) is 2.85. The zero-order valence-electron chi connectivity index (χ0n) is 14.0. The van der Waals surface area contributed by atoms with Gasteiger partial charge < -0.3 is 10.2 Å². The molecule has 0 saturated carbocycles. The van der Waals surface area contributed by atoms with Crippen LogP contribution >= 0.6 is 24.0 Å². The van der Waals surface area contributed by atoms with Crippen molar-refractivity contribution in [2.45, 2.75) is 40.2 Å². The molecule has 5 nitrogen and oxygen atoms in total. The molecule has 1 unspecified atom stereocenters. The number of guanidine groups is 1. The van der Waals surface area contributed by atoms with Gasteiger partial charge in [-0.05, 0) is 37.7 Å². The van der Waals surface area contributed by atoms with E-state index < -0.39 is 0 Å². The highest BCUT2D eigenvalue weighted by Crippen LogP contribution is 2.23. The second kappa shape index (κ2) is 9.27. The highest BCUT2D eigenvalue weighted by molar-refractivity contribution is 14.0. The largest absolute Gasteiger partial charge is 0.351 e. The summed E-state index contributed by atoms with van der Waals surface area (Å²) in [6.45, 7) is 9.41. The molecule has 124 valence electrons. The summed E-state index contributed by atoms with van der Waals surface area (Å²) in [6, 6.07) is 1.94. The van der Waals surface area contributed by atoms with Crippen molar-refractivity contribution >= 4 is 29.9 Å². The molecule has 2 heterocycles. The highest BCUT2D eigenvalue weighted by atomic mass is 127. The van der Waals surface area contributed by atoms with Crippen LogP contribution in [0.4, 0.5) is 0 Å². The van der Waals surface area contributed by atoms with Gasteiger partial charge in [0.1, 0.15) is 5.82 Å². The van der Waals surface area contributed by atoms with E-state index in [1.54, 1.807) is 6.20 Å². The van der Waals surface area contributed by atoms with Crippen molar-refractivity contribution in [3.8, 4) is 0 Å². The molecule has 0 spiro atoms. The Bertz CT molecular complexity index is 489. The summed E-state index contributed by atoms with van der Waals surface area (Å²) in [5.41, 5.74) is 1.00. The first-order valence-corrected chi connectivity index (χ1v) is 7.82. The van der Waals surface area contributed by atoms with Crippen LogP contribution in [0.5, 0.6) is 0 Å². The lowest BCUT2D eigenvalue weighted by Crippen LogP contribution is -2.39. The van der Waals surface area contributed by atoms with Crippen LogP contribution in [-0.4, -0.2) is 41.0 Å². The van der Waals surface area contributed by atoms with E-state index in [-0.39, 0.29) is 24.0 Å². The number of halogens is 1. The van der Waals surface area contributed by atoms with Gasteiger partial charge in [-0.25, -0.2) is 9.97 Å². The van der Waals surface area contributed by atoms with Crippen LogP contribution in [-0.2, 0) is 6.54 Å². The minimum absolute atomic E-state index is 0. The van der Waals surface area contributed by atoms with E-state index in [0.717, 1.165) is 42.4 Å². The van der Waals surface area contributed by atoms with Gasteiger partial charge in [-0.2, -0.15) is 0 Å². The van der Waals surface area contributed by atoms with Crippen LogP contribution in [0.1, 0.15) is 38.2 Å². The molecule has 1 N–H and O–H groups in total. The minimum atomic E-state index is 0. The zero-order chi connectivity index (χ0) is 15.2. The second-order valence-electron chi connectivity index (χ2n) is 6.23. The number of hydrogen-bond donors (Lipinski definition) is 1. The van der Waals surface area contributed by atoms with E-state index in [0.29, 0.717) is 6.54 Å². The molecule has 0 bridgehead atoms. The average molecular weight is 417 g/mol. The molecule has 1 atom stereocenters. The van der Waals surface area contributed by atoms with Gasteiger partial charge in [0.05, 0.1) is 12.2 Å². The van der Waals surface area contributed by atoms with E-state index in [1.807, 2.05) is 20.0 Å². The Morgan fingerprint density at radius 1 is 1.50 bits per heavy atom. The van der Waals surface area contributed by atoms with Gasteiger partial charge in [-0.1, -0.05) is 13.8 Å². The molecule has 0 amide bonds. The van der Waals surface area contributed by atoms with Gasteiger partial charge in [0.15, 0.2) is 5.96 Å². The molecule has 22 heavy (non-hydrogen) atoms. The lowest BCUT2D eigenvalue weighted by atomic mass is 9.97. The molecule has 1 aliphatic heterocycles. The number of nitrogens with zero attached hydrogens (tertiary/aromatic N) is 4. The maximum atomic E-state index is 4.41. The van der Waals surface area contributed by atoms with Crippen LogP contribution in [0.25, 0.3) is 0 Å². The van der Waals surface area contributed by atoms with Crippen LogP contribution in [0, 0.1) is 18.8 Å². The third-order valence-electron chi connectivity index (χ3n) is 3.86. The van der Waals surface area contributed by atoms with Gasteiger partial charge in [0.25, 0.3) is 0 Å². The molecular weight excluding hydrogens is 389 g/mol. The van der Waals surface area contributed by atoms with E-state index in [2.05, 4.69) is 39.0 Å². The number of hydrogen-bond acceptors (Lipinski definition) is 3. The number of likely N-dealkylation sites (tertiary alicyclic amines) is 1. The van der Waals surface area contributed by atoms with Crippen molar-refractivity contribution in [2.24, 2.45) is 16.8 Å². The monoisotopic (exact) mass is 417 g/mol. The predicted molar refractivity (Wildman–Crippen MR) is 102 cm³/mol. The summed E-state index contributed by atoms with van der Waals surface area (Å²) >= 11 is 0. The van der Waals surface area contributed by atoms with Crippen LogP contribution in [0.2, 0.25) is 0 Å². The Morgan fingerprint density at radius 2 is 2.27 bits per heavy atom. The Balaban J connectivity index is 0.00000242. The molecule has 1 aromatic rings. The van der Waals surface area contributed by atoms with E-state index in [4.69, 9.17) is 0 Å². The first-order chi connectivity index (χ1) is 10.1. The van der Waals surface area contributed by atoms with Crippen molar-refractivity contribution in [2.75, 3.05) is 20.1 Å². The van der Waals surface area contributed by atoms with Crippen LogP contribution in [0.15, 0.2) is 17.3 Å². The average Bonchev–Trinajstić information content (AvgIpc) is 2.87. The fourth-order valence-electron chi connectivity index (χ4n) is 2.99. The van der Waals surface area contributed by atoms with E-state index in [9.17, 15) is 0 Å². The number of aromatic nitrogens is 2. The number of aliphatic imine (C=N–C) groups is 1. The quantitative estimate of drug-likeness (QED) is 0.465. The van der Waals surface area contributed by atoms with Gasteiger partial charge >= 0.3 is 0 Å². The lowest BCUT2D eigenvalue weighted by Gasteiger charge is -2.22. The smallest absolute Gasteiger partial charge is 0.193 e. The highest BCUT2D eigenvalue weighted by Gasteiger charge is 2.25. The molecule has 0 aromatic carbocycles. The SMILES string of the molecule is CN=C(NCc1ccnc(C)n1)N1CCC(CC(C)C)C1.I. The van der Waals surface area contributed by atoms with E-state index in [1.165, 1.54) is 12.8 Å². The van der Waals surface area contributed by atoms with Crippen molar-refractivity contribution < 1.29 is 0 Å². The summed E-state index contributed by atoms with van der Waals surface area (Å²) in [5, 5.41) is 3.41. The summed E-state index contributed by atoms with van der Waals surface area (Å²) in [7, 11) is 1.85. The Morgan fingerprint density at radius 3 is 2.91 bits per heavy atom. The Kier molecular flexibility index (Phi) is 8.06. The first kappa shape index (κ1) is 19.1. The Labute approximate surface area is 151 Å².